The fourth-order valence-corrected chi connectivity index (χ4v) is 1.99. The topological polar surface area (TPSA) is 90.7 Å². The van der Waals surface area contributed by atoms with Crippen LogP contribution in [-0.4, -0.2) is 24.0 Å². The number of alkyl halides is 2. The number of nitro benzene ring substituents is 1. The molecular weight excluding hydrogens is 338 g/mol. The Morgan fingerprint density at radius 3 is 2.40 bits per heavy atom. The zero-order chi connectivity index (χ0) is 18.4. The van der Waals surface area contributed by atoms with Crippen molar-refractivity contribution < 1.29 is 28.0 Å². The highest BCUT2D eigenvalue weighted by molar-refractivity contribution is 5.91. The van der Waals surface area contributed by atoms with Crippen LogP contribution >= 0.6 is 0 Å². The van der Waals surface area contributed by atoms with E-state index < -0.39 is 17.4 Å². The van der Waals surface area contributed by atoms with E-state index in [1.807, 2.05) is 0 Å². The number of hydrogen-bond acceptors (Lipinski definition) is 5. The largest absolute Gasteiger partial charge is 0.484 e. The maximum atomic E-state index is 12.0. The summed E-state index contributed by atoms with van der Waals surface area (Å²) in [5, 5.41) is 13.3. The van der Waals surface area contributed by atoms with Crippen molar-refractivity contribution in [3.63, 3.8) is 0 Å². The number of rotatable bonds is 7. The average Bonchev–Trinajstić information content (AvgIpc) is 2.54. The lowest BCUT2D eigenvalue weighted by atomic mass is 10.2. The van der Waals surface area contributed by atoms with E-state index in [4.69, 9.17) is 4.74 Å². The van der Waals surface area contributed by atoms with E-state index in [-0.39, 0.29) is 18.0 Å². The summed E-state index contributed by atoms with van der Waals surface area (Å²) in [5.41, 5.74) is 0.760. The number of halogens is 2. The first kappa shape index (κ1) is 18.1. The van der Waals surface area contributed by atoms with Crippen LogP contribution in [0.25, 0.3) is 0 Å². The molecule has 0 radical (unpaired) electrons. The number of nitrogens with one attached hydrogen (secondary N) is 1. The molecule has 9 heteroatoms. The number of hydrogen-bond donors (Lipinski definition) is 1. The summed E-state index contributed by atoms with van der Waals surface area (Å²) < 4.78 is 33.6. The molecule has 0 saturated heterocycles. The summed E-state index contributed by atoms with van der Waals surface area (Å²) in [6.45, 7) is -1.67. The van der Waals surface area contributed by atoms with Gasteiger partial charge in [0, 0.05) is 17.3 Å². The molecule has 1 amide bonds. The van der Waals surface area contributed by atoms with Gasteiger partial charge in [0.1, 0.15) is 11.5 Å². The second-order valence-corrected chi connectivity index (χ2v) is 4.95. The van der Waals surface area contributed by atoms with Crippen molar-refractivity contribution in [3.05, 3.63) is 58.1 Å². The van der Waals surface area contributed by atoms with E-state index in [1.54, 1.807) is 6.92 Å². The Morgan fingerprint density at radius 2 is 1.84 bits per heavy atom. The van der Waals surface area contributed by atoms with Gasteiger partial charge in [-0.15, -0.1) is 0 Å². The summed E-state index contributed by atoms with van der Waals surface area (Å²) in [7, 11) is 0. The molecule has 1 N–H and O–H groups in total. The highest BCUT2D eigenvalue weighted by Gasteiger charge is 2.11. The number of carbonyl (C=O) groups excluding carboxylic acids is 1. The Hall–Kier alpha value is -3.23. The van der Waals surface area contributed by atoms with Gasteiger partial charge in [-0.2, -0.15) is 8.78 Å². The maximum Gasteiger partial charge on any atom is 0.387 e. The SMILES string of the molecule is Cc1cc(OCC(=O)Nc2ccc(OC(F)F)cc2)ccc1[N+](=O)[O-]. The molecule has 0 aliphatic carbocycles. The number of nitro groups is 1. The van der Waals surface area contributed by atoms with E-state index in [9.17, 15) is 23.7 Å². The van der Waals surface area contributed by atoms with Gasteiger partial charge in [0.05, 0.1) is 4.92 Å². The first-order chi connectivity index (χ1) is 11.8. The van der Waals surface area contributed by atoms with Gasteiger partial charge in [0.15, 0.2) is 6.61 Å². The average molecular weight is 352 g/mol. The molecule has 132 valence electrons. The predicted molar refractivity (Wildman–Crippen MR) is 85.0 cm³/mol. The predicted octanol–water partition coefficient (Wildman–Crippen LogP) is 3.52. The third-order valence-corrected chi connectivity index (χ3v) is 3.10. The van der Waals surface area contributed by atoms with E-state index in [0.717, 1.165) is 0 Å². The van der Waals surface area contributed by atoms with Gasteiger partial charge >= 0.3 is 6.61 Å². The van der Waals surface area contributed by atoms with Gasteiger partial charge in [-0.05, 0) is 43.3 Å². The Bertz CT molecular complexity index is 766. The minimum absolute atomic E-state index is 0.0226. The third kappa shape index (κ3) is 5.41. The molecule has 2 rings (SSSR count). The molecule has 0 aromatic heterocycles. The Balaban J connectivity index is 1.88. The monoisotopic (exact) mass is 352 g/mol. The molecule has 0 aliphatic heterocycles. The van der Waals surface area contributed by atoms with Crippen molar-refractivity contribution in [1.29, 1.82) is 0 Å². The molecule has 2 aromatic rings. The second kappa shape index (κ2) is 8.04. The van der Waals surface area contributed by atoms with Crippen molar-refractivity contribution in [2.45, 2.75) is 13.5 Å². The standard InChI is InChI=1S/C16H14F2N2O5/c1-10-8-13(6-7-14(10)20(22)23)24-9-15(21)19-11-2-4-12(5-3-11)25-16(17)18/h2-8,16H,9H2,1H3,(H,19,21). The van der Waals surface area contributed by atoms with Crippen molar-refractivity contribution in [1.82, 2.24) is 0 Å². The van der Waals surface area contributed by atoms with E-state index in [0.29, 0.717) is 17.0 Å². The fraction of sp³-hybridized carbons (Fsp3) is 0.188. The number of amides is 1. The minimum Gasteiger partial charge on any atom is -0.484 e. The molecule has 0 heterocycles. The van der Waals surface area contributed by atoms with Crippen molar-refractivity contribution in [2.24, 2.45) is 0 Å². The first-order valence-electron chi connectivity index (χ1n) is 7.07. The van der Waals surface area contributed by atoms with Crippen LogP contribution in [0, 0.1) is 17.0 Å². The summed E-state index contributed by atoms with van der Waals surface area (Å²) in [4.78, 5) is 22.0. The summed E-state index contributed by atoms with van der Waals surface area (Å²) >= 11 is 0. The highest BCUT2D eigenvalue weighted by atomic mass is 19.3. The molecule has 0 aliphatic rings. The molecule has 0 bridgehead atoms. The van der Waals surface area contributed by atoms with Crippen LogP contribution in [-0.2, 0) is 4.79 Å². The van der Waals surface area contributed by atoms with Gasteiger partial charge in [0.25, 0.3) is 11.6 Å². The van der Waals surface area contributed by atoms with Crippen LogP contribution in [0.1, 0.15) is 5.56 Å². The Labute approximate surface area is 141 Å². The van der Waals surface area contributed by atoms with Crippen LogP contribution in [0.15, 0.2) is 42.5 Å². The summed E-state index contributed by atoms with van der Waals surface area (Å²) in [6, 6.07) is 9.56. The lowest BCUT2D eigenvalue weighted by Crippen LogP contribution is -2.20. The minimum atomic E-state index is -2.92. The zero-order valence-electron chi connectivity index (χ0n) is 13.1. The fourth-order valence-electron chi connectivity index (χ4n) is 1.99. The molecule has 2 aromatic carbocycles. The molecular formula is C16H14F2N2O5. The molecule has 0 spiro atoms. The molecule has 0 unspecified atom stereocenters. The number of anilines is 1. The lowest BCUT2D eigenvalue weighted by Gasteiger charge is -2.09. The Morgan fingerprint density at radius 1 is 1.20 bits per heavy atom. The van der Waals surface area contributed by atoms with Crippen LogP contribution < -0.4 is 14.8 Å². The van der Waals surface area contributed by atoms with Gasteiger partial charge in [-0.1, -0.05) is 0 Å². The lowest BCUT2D eigenvalue weighted by molar-refractivity contribution is -0.385. The van der Waals surface area contributed by atoms with Crippen molar-refractivity contribution in [2.75, 3.05) is 11.9 Å². The summed E-state index contributed by atoms with van der Waals surface area (Å²) in [6.07, 6.45) is 0. The van der Waals surface area contributed by atoms with Gasteiger partial charge in [-0.25, -0.2) is 0 Å². The number of benzene rings is 2. The van der Waals surface area contributed by atoms with Gasteiger partial charge in [-0.3, -0.25) is 14.9 Å². The normalized spacial score (nSPS) is 10.4. The van der Waals surface area contributed by atoms with Crippen molar-refractivity contribution in [3.8, 4) is 11.5 Å². The molecule has 0 saturated carbocycles. The first-order valence-corrected chi connectivity index (χ1v) is 7.07. The quantitative estimate of drug-likeness (QED) is 0.608. The van der Waals surface area contributed by atoms with E-state index >= 15 is 0 Å². The van der Waals surface area contributed by atoms with Gasteiger partial charge in [0.2, 0.25) is 0 Å². The van der Waals surface area contributed by atoms with Crippen molar-refractivity contribution >= 4 is 17.3 Å². The molecule has 0 fully saturated rings. The number of carbonyl (C=O) groups is 1. The maximum absolute atomic E-state index is 12.0. The number of ether oxygens (including phenoxy) is 2. The van der Waals surface area contributed by atoms with E-state index in [2.05, 4.69) is 10.1 Å². The van der Waals surface area contributed by atoms with E-state index in [1.165, 1.54) is 42.5 Å². The Kier molecular flexibility index (Phi) is 5.83. The smallest absolute Gasteiger partial charge is 0.387 e. The third-order valence-electron chi connectivity index (χ3n) is 3.10. The van der Waals surface area contributed by atoms with Crippen LogP contribution in [0.4, 0.5) is 20.2 Å². The molecule has 7 nitrogen and oxygen atoms in total. The second-order valence-electron chi connectivity index (χ2n) is 4.95. The zero-order valence-corrected chi connectivity index (χ0v) is 13.1. The van der Waals surface area contributed by atoms with Crippen LogP contribution in [0.3, 0.4) is 0 Å². The molecule has 0 atom stereocenters. The van der Waals surface area contributed by atoms with Crippen LogP contribution in [0.2, 0.25) is 0 Å². The van der Waals surface area contributed by atoms with Gasteiger partial charge < -0.3 is 14.8 Å². The number of nitrogens with zero attached hydrogens (tertiary/aromatic N) is 1. The molecule has 25 heavy (non-hydrogen) atoms. The highest BCUT2D eigenvalue weighted by Crippen LogP contribution is 2.23. The number of aryl methyl sites for hydroxylation is 1. The summed E-state index contributed by atoms with van der Waals surface area (Å²) in [5.74, 6) is -0.178. The van der Waals surface area contributed by atoms with Crippen LogP contribution in [0.5, 0.6) is 11.5 Å².